The van der Waals surface area contributed by atoms with Crippen LogP contribution in [0.2, 0.25) is 0 Å². The van der Waals surface area contributed by atoms with E-state index in [0.29, 0.717) is 10.0 Å². The fourth-order valence-electron chi connectivity index (χ4n) is 2.40. The van der Waals surface area contributed by atoms with Gasteiger partial charge in [0.15, 0.2) is 5.13 Å². The Morgan fingerprint density at radius 3 is 3.00 bits per heavy atom. The van der Waals surface area contributed by atoms with Gasteiger partial charge in [-0.05, 0) is 19.3 Å². The first kappa shape index (κ1) is 12.6. The molecule has 3 rings (SSSR count). The topological polar surface area (TPSA) is 72.1 Å². The number of rotatable bonds is 2. The maximum atomic E-state index is 12.5. The Balaban J connectivity index is 1.87. The number of piperidine rings is 1. The van der Waals surface area contributed by atoms with Crippen LogP contribution in [0.5, 0.6) is 0 Å². The number of thiazole rings is 2. The van der Waals surface area contributed by atoms with Crippen molar-refractivity contribution in [2.45, 2.75) is 25.3 Å². The predicted molar refractivity (Wildman–Crippen MR) is 76.3 cm³/mol. The van der Waals surface area contributed by atoms with Gasteiger partial charge >= 0.3 is 0 Å². The van der Waals surface area contributed by atoms with Gasteiger partial charge in [-0.3, -0.25) is 9.78 Å². The summed E-state index contributed by atoms with van der Waals surface area (Å²) in [6.07, 6.45) is 4.75. The number of carbonyl (C=O) groups is 1. The quantitative estimate of drug-likeness (QED) is 0.924. The molecule has 2 N–H and O–H groups in total. The van der Waals surface area contributed by atoms with Crippen LogP contribution < -0.4 is 5.73 Å². The van der Waals surface area contributed by atoms with Gasteiger partial charge in [0.25, 0.3) is 5.91 Å². The molecule has 0 saturated carbocycles. The lowest BCUT2D eigenvalue weighted by Gasteiger charge is -2.34. The largest absolute Gasteiger partial charge is 0.375 e. The Bertz CT molecular complexity index is 566. The minimum atomic E-state index is 0.0527. The molecule has 1 aliphatic heterocycles. The number of carbonyl (C=O) groups excluding carboxylic acids is 1. The van der Waals surface area contributed by atoms with Gasteiger partial charge in [-0.25, -0.2) is 4.98 Å². The Kier molecular flexibility index (Phi) is 3.48. The molecule has 0 aliphatic carbocycles. The molecule has 2 aromatic heterocycles. The molecule has 100 valence electrons. The average molecular weight is 294 g/mol. The van der Waals surface area contributed by atoms with Crippen LogP contribution in [0.25, 0.3) is 0 Å². The number of aromatic nitrogens is 2. The fourth-order valence-corrected chi connectivity index (χ4v) is 3.58. The predicted octanol–water partition coefficient (Wildman–Crippen LogP) is 2.55. The highest BCUT2D eigenvalue weighted by Gasteiger charge is 2.30. The lowest BCUT2D eigenvalue weighted by atomic mass is 10.00. The molecular weight excluding hydrogens is 280 g/mol. The number of hydrogen-bond donors (Lipinski definition) is 1. The van der Waals surface area contributed by atoms with Gasteiger partial charge in [0, 0.05) is 11.9 Å². The normalized spacial score (nSPS) is 19.6. The third kappa shape index (κ3) is 2.48. The van der Waals surface area contributed by atoms with Crippen LogP contribution in [0.3, 0.4) is 0 Å². The molecule has 1 atom stereocenters. The Morgan fingerprint density at radius 1 is 1.42 bits per heavy atom. The van der Waals surface area contributed by atoms with Crippen molar-refractivity contribution >= 4 is 33.7 Å². The molecule has 3 heterocycles. The second-order valence-electron chi connectivity index (χ2n) is 4.49. The molecule has 0 bridgehead atoms. The summed E-state index contributed by atoms with van der Waals surface area (Å²) < 4.78 is 0. The van der Waals surface area contributed by atoms with Gasteiger partial charge in [-0.1, -0.05) is 0 Å². The van der Waals surface area contributed by atoms with E-state index in [9.17, 15) is 4.79 Å². The highest BCUT2D eigenvalue weighted by Crippen LogP contribution is 2.33. The maximum Gasteiger partial charge on any atom is 0.266 e. The van der Waals surface area contributed by atoms with Crippen molar-refractivity contribution in [2.75, 3.05) is 12.3 Å². The zero-order chi connectivity index (χ0) is 13.2. The number of amides is 1. The van der Waals surface area contributed by atoms with Gasteiger partial charge in [0.2, 0.25) is 0 Å². The van der Waals surface area contributed by atoms with Crippen molar-refractivity contribution in [3.8, 4) is 0 Å². The monoisotopic (exact) mass is 294 g/mol. The van der Waals surface area contributed by atoms with Crippen LogP contribution >= 0.6 is 22.7 Å². The molecule has 1 saturated heterocycles. The third-order valence-corrected chi connectivity index (χ3v) is 4.74. The molecule has 1 fully saturated rings. The summed E-state index contributed by atoms with van der Waals surface area (Å²) in [6.45, 7) is 0.777. The van der Waals surface area contributed by atoms with Crippen LogP contribution in [0.15, 0.2) is 17.1 Å². The summed E-state index contributed by atoms with van der Waals surface area (Å²) >= 11 is 2.81. The van der Waals surface area contributed by atoms with Crippen LogP contribution in [0.1, 0.15) is 40.7 Å². The van der Waals surface area contributed by atoms with E-state index in [0.717, 1.165) is 31.5 Å². The van der Waals surface area contributed by atoms with Gasteiger partial charge in [0.05, 0.1) is 23.4 Å². The highest BCUT2D eigenvalue weighted by molar-refractivity contribution is 7.13. The zero-order valence-corrected chi connectivity index (χ0v) is 11.9. The molecule has 1 amide bonds. The maximum absolute atomic E-state index is 12.5. The Labute approximate surface area is 119 Å². The molecule has 2 aromatic rings. The summed E-state index contributed by atoms with van der Waals surface area (Å²) in [5, 5.41) is 2.52. The van der Waals surface area contributed by atoms with E-state index in [4.69, 9.17) is 5.73 Å². The lowest BCUT2D eigenvalue weighted by Crippen LogP contribution is -2.38. The summed E-state index contributed by atoms with van der Waals surface area (Å²) in [5.74, 6) is 0.0544. The summed E-state index contributed by atoms with van der Waals surface area (Å²) in [7, 11) is 0. The van der Waals surface area contributed by atoms with Crippen LogP contribution in [-0.2, 0) is 0 Å². The number of likely N-dealkylation sites (tertiary alicyclic amines) is 1. The SMILES string of the molecule is Nc1nc(C2CCCCN2C(=O)c2cncs2)cs1. The zero-order valence-electron chi connectivity index (χ0n) is 10.3. The fraction of sp³-hybridized carbons (Fsp3) is 0.417. The van der Waals surface area contributed by atoms with Crippen LogP contribution in [-0.4, -0.2) is 27.3 Å². The molecule has 1 unspecified atom stereocenters. The van der Waals surface area contributed by atoms with Crippen molar-refractivity contribution in [1.29, 1.82) is 0 Å². The standard InChI is InChI=1S/C12H14N4OS2/c13-12-15-8(6-18-12)9-3-1-2-4-16(9)11(17)10-5-14-7-19-10/h5-7,9H,1-4H2,(H2,13,15). The minimum absolute atomic E-state index is 0.0527. The summed E-state index contributed by atoms with van der Waals surface area (Å²) in [4.78, 5) is 23.4. The number of nitrogens with zero attached hydrogens (tertiary/aromatic N) is 3. The van der Waals surface area contributed by atoms with E-state index < -0.39 is 0 Å². The molecule has 1 aliphatic rings. The van der Waals surface area contributed by atoms with Crippen LogP contribution in [0, 0.1) is 0 Å². The second-order valence-corrected chi connectivity index (χ2v) is 6.26. The van der Waals surface area contributed by atoms with E-state index in [1.54, 1.807) is 11.7 Å². The van der Waals surface area contributed by atoms with Crippen molar-refractivity contribution in [1.82, 2.24) is 14.9 Å². The number of nitrogens with two attached hydrogens (primary N) is 1. The number of anilines is 1. The van der Waals surface area contributed by atoms with Gasteiger partial charge in [-0.15, -0.1) is 22.7 Å². The molecule has 0 spiro atoms. The molecule has 0 radical (unpaired) electrons. The second kappa shape index (κ2) is 5.26. The first-order chi connectivity index (χ1) is 9.25. The average Bonchev–Trinajstić information content (AvgIpc) is 3.09. The minimum Gasteiger partial charge on any atom is -0.375 e. The molecule has 0 aromatic carbocycles. The van der Waals surface area contributed by atoms with E-state index in [1.165, 1.54) is 22.7 Å². The third-order valence-electron chi connectivity index (χ3n) is 3.29. The first-order valence-electron chi connectivity index (χ1n) is 6.16. The lowest BCUT2D eigenvalue weighted by molar-refractivity contribution is 0.0612. The molecule has 19 heavy (non-hydrogen) atoms. The van der Waals surface area contributed by atoms with Crippen molar-refractivity contribution in [3.05, 3.63) is 27.7 Å². The van der Waals surface area contributed by atoms with Crippen molar-refractivity contribution in [2.24, 2.45) is 0 Å². The van der Waals surface area contributed by atoms with E-state index in [1.807, 2.05) is 10.3 Å². The summed E-state index contributed by atoms with van der Waals surface area (Å²) in [5.41, 5.74) is 8.30. The van der Waals surface area contributed by atoms with Gasteiger partial charge in [0.1, 0.15) is 4.88 Å². The van der Waals surface area contributed by atoms with Crippen LogP contribution in [0.4, 0.5) is 5.13 Å². The van der Waals surface area contributed by atoms with Gasteiger partial charge in [-0.2, -0.15) is 0 Å². The van der Waals surface area contributed by atoms with E-state index in [2.05, 4.69) is 9.97 Å². The smallest absolute Gasteiger partial charge is 0.266 e. The number of nitrogen functional groups attached to an aromatic ring is 1. The summed E-state index contributed by atoms with van der Waals surface area (Å²) in [6, 6.07) is 0.0527. The van der Waals surface area contributed by atoms with Gasteiger partial charge < -0.3 is 10.6 Å². The molecular formula is C12H14N4OS2. The Morgan fingerprint density at radius 2 is 2.32 bits per heavy atom. The molecule has 7 heteroatoms. The Hall–Kier alpha value is -1.47. The van der Waals surface area contributed by atoms with E-state index >= 15 is 0 Å². The number of hydrogen-bond acceptors (Lipinski definition) is 6. The van der Waals surface area contributed by atoms with Crippen molar-refractivity contribution in [3.63, 3.8) is 0 Å². The highest BCUT2D eigenvalue weighted by atomic mass is 32.1. The first-order valence-corrected chi connectivity index (χ1v) is 7.92. The van der Waals surface area contributed by atoms with E-state index in [-0.39, 0.29) is 11.9 Å². The molecule has 5 nitrogen and oxygen atoms in total. The van der Waals surface area contributed by atoms with Crippen molar-refractivity contribution < 1.29 is 4.79 Å².